The Hall–Kier alpha value is 0.327. The number of hydrogen-bond donors (Lipinski definition) is 0. The molecule has 0 atom stereocenters. The molecule has 0 saturated heterocycles. The quantitative estimate of drug-likeness (QED) is 0.511. The summed E-state index contributed by atoms with van der Waals surface area (Å²) in [7, 11) is -1.55. The van der Waals surface area contributed by atoms with Crippen molar-refractivity contribution in [1.82, 2.24) is 0 Å². The zero-order valence-corrected chi connectivity index (χ0v) is 10.2. The van der Waals surface area contributed by atoms with Crippen LogP contribution in [0.25, 0.3) is 0 Å². The molecular weight excluding hydrogens is 195 g/mol. The lowest BCUT2D eigenvalue weighted by Crippen LogP contribution is -2.40. The largest absolute Gasteiger partial charge is 0.497 e. The molecule has 0 aliphatic rings. The molecule has 0 aromatic carbocycles. The van der Waals surface area contributed by atoms with E-state index in [1.54, 1.807) is 19.9 Å². The molecular formula is C6H17O4PSi. The SMILES string of the molecule is CO[Si](C)(OC)OCP(C)(C)=O. The van der Waals surface area contributed by atoms with Gasteiger partial charge < -0.3 is 17.8 Å². The second-order valence-electron chi connectivity index (χ2n) is 3.12. The van der Waals surface area contributed by atoms with Crippen molar-refractivity contribution in [2.45, 2.75) is 6.55 Å². The second kappa shape index (κ2) is 4.53. The highest BCUT2D eigenvalue weighted by molar-refractivity contribution is 7.62. The fourth-order valence-corrected chi connectivity index (χ4v) is 3.06. The van der Waals surface area contributed by atoms with Gasteiger partial charge in [0.15, 0.2) is 0 Å². The highest BCUT2D eigenvalue weighted by Crippen LogP contribution is 2.36. The molecule has 0 aliphatic heterocycles. The van der Waals surface area contributed by atoms with Gasteiger partial charge in [0, 0.05) is 20.8 Å². The third-order valence-electron chi connectivity index (χ3n) is 1.38. The first-order valence-corrected chi connectivity index (χ1v) is 8.62. The van der Waals surface area contributed by atoms with Crippen LogP contribution >= 0.6 is 7.14 Å². The van der Waals surface area contributed by atoms with Gasteiger partial charge in [-0.05, 0) is 13.3 Å². The molecule has 6 heteroatoms. The number of rotatable bonds is 5. The molecule has 4 nitrogen and oxygen atoms in total. The van der Waals surface area contributed by atoms with Crippen molar-refractivity contribution in [1.29, 1.82) is 0 Å². The van der Waals surface area contributed by atoms with Crippen molar-refractivity contribution >= 4 is 15.9 Å². The van der Waals surface area contributed by atoms with Crippen LogP contribution in [0.5, 0.6) is 0 Å². The molecule has 0 radical (unpaired) electrons. The van der Waals surface area contributed by atoms with E-state index in [9.17, 15) is 4.57 Å². The summed E-state index contributed by atoms with van der Waals surface area (Å²) >= 11 is 0. The Bertz CT molecular complexity index is 174. The van der Waals surface area contributed by atoms with Crippen LogP contribution in [0.4, 0.5) is 0 Å². The summed E-state index contributed by atoms with van der Waals surface area (Å²) in [6, 6.07) is 0. The third kappa shape index (κ3) is 5.06. The van der Waals surface area contributed by atoms with E-state index in [0.717, 1.165) is 0 Å². The minimum Gasteiger partial charge on any atom is -0.377 e. The Morgan fingerprint density at radius 3 is 1.92 bits per heavy atom. The van der Waals surface area contributed by atoms with Crippen LogP contribution in [-0.2, 0) is 17.8 Å². The van der Waals surface area contributed by atoms with E-state index in [2.05, 4.69) is 0 Å². The van der Waals surface area contributed by atoms with Gasteiger partial charge in [-0.1, -0.05) is 0 Å². The van der Waals surface area contributed by atoms with Gasteiger partial charge in [-0.2, -0.15) is 0 Å². The van der Waals surface area contributed by atoms with Crippen molar-refractivity contribution in [2.24, 2.45) is 0 Å². The van der Waals surface area contributed by atoms with Crippen LogP contribution < -0.4 is 0 Å². The Balaban J connectivity index is 3.98. The van der Waals surface area contributed by atoms with Gasteiger partial charge in [0.05, 0.1) is 6.35 Å². The van der Waals surface area contributed by atoms with Gasteiger partial charge in [0.1, 0.15) is 7.14 Å². The van der Waals surface area contributed by atoms with Crippen LogP contribution in [0.2, 0.25) is 6.55 Å². The third-order valence-corrected chi connectivity index (χ3v) is 4.52. The van der Waals surface area contributed by atoms with E-state index in [4.69, 9.17) is 13.3 Å². The minimum atomic E-state index is -2.48. The molecule has 12 heavy (non-hydrogen) atoms. The summed E-state index contributed by atoms with van der Waals surface area (Å²) in [6.07, 6.45) is 0.220. The zero-order valence-electron chi connectivity index (χ0n) is 8.29. The summed E-state index contributed by atoms with van der Waals surface area (Å²) in [4.78, 5) is 0. The fraction of sp³-hybridized carbons (Fsp3) is 1.00. The molecule has 74 valence electrons. The van der Waals surface area contributed by atoms with Crippen LogP contribution in [0.1, 0.15) is 0 Å². The maximum atomic E-state index is 11.3. The first kappa shape index (κ1) is 12.3. The van der Waals surface area contributed by atoms with Crippen molar-refractivity contribution in [3.05, 3.63) is 0 Å². The smallest absolute Gasteiger partial charge is 0.377 e. The Morgan fingerprint density at radius 2 is 1.67 bits per heavy atom. The molecule has 0 N–H and O–H groups in total. The standard InChI is InChI=1S/C6H17O4PSi/c1-8-12(5,9-2)10-6-11(3,4)7/h6H2,1-5H3. The van der Waals surface area contributed by atoms with E-state index in [1.807, 2.05) is 0 Å². The summed E-state index contributed by atoms with van der Waals surface area (Å²) in [5.41, 5.74) is 0. The van der Waals surface area contributed by atoms with Crippen LogP contribution in [0.3, 0.4) is 0 Å². The normalized spacial score (nSPS) is 13.4. The molecule has 0 unspecified atom stereocenters. The van der Waals surface area contributed by atoms with Gasteiger partial charge in [-0.3, -0.25) is 0 Å². The van der Waals surface area contributed by atoms with Gasteiger partial charge in [-0.15, -0.1) is 0 Å². The highest BCUT2D eigenvalue weighted by Gasteiger charge is 2.33. The Morgan fingerprint density at radius 1 is 1.25 bits per heavy atom. The molecule has 0 rings (SSSR count). The van der Waals surface area contributed by atoms with E-state index in [1.165, 1.54) is 14.2 Å². The molecule has 0 spiro atoms. The fourth-order valence-electron chi connectivity index (χ4n) is 0.474. The summed E-state index contributed by atoms with van der Waals surface area (Å²) < 4.78 is 26.7. The first-order valence-electron chi connectivity index (χ1n) is 3.61. The molecule has 0 aromatic heterocycles. The van der Waals surface area contributed by atoms with Gasteiger partial charge >= 0.3 is 8.80 Å². The van der Waals surface area contributed by atoms with Crippen molar-refractivity contribution in [2.75, 3.05) is 33.9 Å². The lowest BCUT2D eigenvalue weighted by molar-refractivity contribution is 0.123. The second-order valence-corrected chi connectivity index (χ2v) is 9.35. The lowest BCUT2D eigenvalue weighted by atomic mass is 11.7. The summed E-state index contributed by atoms with van der Waals surface area (Å²) in [6.45, 7) is 5.11. The topological polar surface area (TPSA) is 44.8 Å². The molecule has 0 fully saturated rings. The average molecular weight is 212 g/mol. The van der Waals surface area contributed by atoms with E-state index >= 15 is 0 Å². The van der Waals surface area contributed by atoms with E-state index in [0.29, 0.717) is 0 Å². The van der Waals surface area contributed by atoms with Gasteiger partial charge in [0.2, 0.25) is 0 Å². The van der Waals surface area contributed by atoms with Crippen LogP contribution in [0.15, 0.2) is 0 Å². The van der Waals surface area contributed by atoms with Crippen molar-refractivity contribution in [3.63, 3.8) is 0 Å². The van der Waals surface area contributed by atoms with E-state index in [-0.39, 0.29) is 6.35 Å². The summed E-state index contributed by atoms with van der Waals surface area (Å²) in [5, 5.41) is 0. The molecule has 0 saturated carbocycles. The minimum absolute atomic E-state index is 0.220. The predicted octanol–water partition coefficient (Wildman–Crippen LogP) is 1.44. The van der Waals surface area contributed by atoms with E-state index < -0.39 is 15.9 Å². The van der Waals surface area contributed by atoms with Crippen molar-refractivity contribution in [3.8, 4) is 0 Å². The molecule has 0 aliphatic carbocycles. The van der Waals surface area contributed by atoms with Gasteiger partial charge in [0.25, 0.3) is 0 Å². The maximum Gasteiger partial charge on any atom is 0.497 e. The number of hydrogen-bond acceptors (Lipinski definition) is 4. The monoisotopic (exact) mass is 212 g/mol. The zero-order chi connectivity index (χ0) is 9.83. The Kier molecular flexibility index (Phi) is 4.65. The molecule has 0 amide bonds. The first-order chi connectivity index (χ1) is 5.33. The van der Waals surface area contributed by atoms with Crippen molar-refractivity contribution < 1.29 is 17.8 Å². The van der Waals surface area contributed by atoms with Crippen LogP contribution in [0, 0.1) is 0 Å². The molecule has 0 aromatic rings. The van der Waals surface area contributed by atoms with Gasteiger partial charge in [-0.25, -0.2) is 0 Å². The summed E-state index contributed by atoms with van der Waals surface area (Å²) in [5.74, 6) is 0. The van der Waals surface area contributed by atoms with Crippen LogP contribution in [-0.4, -0.2) is 42.7 Å². The maximum absolute atomic E-state index is 11.3. The lowest BCUT2D eigenvalue weighted by Gasteiger charge is -2.22. The molecule has 0 heterocycles. The molecule has 0 bridgehead atoms. The Labute approximate surface area is 74.9 Å². The predicted molar refractivity (Wildman–Crippen MR) is 51.0 cm³/mol. The average Bonchev–Trinajstić information content (AvgIpc) is 1.99. The highest BCUT2D eigenvalue weighted by atomic mass is 31.2.